The topological polar surface area (TPSA) is 428 Å². The molecule has 25 nitrogen and oxygen atoms in total. The summed E-state index contributed by atoms with van der Waals surface area (Å²) in [5.74, 6) is -6.64. The molecule has 0 spiro atoms. The van der Waals surface area contributed by atoms with Crippen molar-refractivity contribution in [1.82, 2.24) is 9.97 Å². The van der Waals surface area contributed by atoms with Crippen molar-refractivity contribution in [3.8, 4) is 35.8 Å². The Morgan fingerprint density at radius 3 is 1.23 bits per heavy atom. The van der Waals surface area contributed by atoms with E-state index >= 15 is 0 Å². The number of nitrogens with two attached hydrogens (primary N) is 2. The van der Waals surface area contributed by atoms with Crippen molar-refractivity contribution in [1.29, 1.82) is 21.0 Å². The van der Waals surface area contributed by atoms with Crippen molar-refractivity contribution in [3.05, 3.63) is 121 Å². The van der Waals surface area contributed by atoms with Crippen LogP contribution in [0.25, 0.3) is 12.2 Å². The van der Waals surface area contributed by atoms with Crippen LogP contribution in [-0.4, -0.2) is 121 Å². The summed E-state index contributed by atoms with van der Waals surface area (Å²) in [6.07, 6.45) is 16.1. The Kier molecular flexibility index (Phi) is 43.6. The van der Waals surface area contributed by atoms with Gasteiger partial charge in [0, 0.05) is 84.0 Å². The van der Waals surface area contributed by atoms with Crippen LogP contribution in [0.5, 0.6) is 11.5 Å². The van der Waals surface area contributed by atoms with Gasteiger partial charge in [-0.3, -0.25) is 9.59 Å². The molecule has 2 amide bonds. The predicted octanol–water partition coefficient (Wildman–Crippen LogP) is 8.09. The number of esters is 3. The number of carboxylic acids is 3. The Morgan fingerprint density at radius 2 is 0.886 bits per heavy atom. The molecule has 0 saturated heterocycles. The molecule has 31 heteroatoms. The molecular weight excluding hydrogens is 1180 g/mol. The van der Waals surface area contributed by atoms with Crippen molar-refractivity contribution in [2.75, 3.05) is 46.6 Å². The second kappa shape index (κ2) is 47.3. The summed E-state index contributed by atoms with van der Waals surface area (Å²) in [5.41, 5.74) is 11.7. The zero-order chi connectivity index (χ0) is 67.7. The van der Waals surface area contributed by atoms with Gasteiger partial charge in [0.25, 0.3) is 0 Å². The number of aromatic nitrogens is 2. The Balaban J connectivity index is -0.00000104. The highest BCUT2D eigenvalue weighted by Gasteiger charge is 2.42. The van der Waals surface area contributed by atoms with Crippen molar-refractivity contribution in [2.24, 2.45) is 29.4 Å². The van der Waals surface area contributed by atoms with E-state index in [0.717, 1.165) is 72.4 Å². The molecule has 2 aliphatic carbocycles. The Morgan fingerprint density at radius 1 is 0.534 bits per heavy atom. The molecule has 2 heterocycles. The van der Waals surface area contributed by atoms with Crippen LogP contribution in [0.1, 0.15) is 62.5 Å². The minimum absolute atomic E-state index is 0.0677. The molecule has 8 N–H and O–H groups in total. The van der Waals surface area contributed by atoms with Crippen LogP contribution in [0.2, 0.25) is 0 Å². The number of carbonyl (C=O) groups excluding carboxylic acids is 5. The largest absolute Gasteiger partial charge is 0.495 e. The molecule has 0 unspecified atom stereocenters. The van der Waals surface area contributed by atoms with Gasteiger partial charge in [-0.1, -0.05) is 24.3 Å². The minimum atomic E-state index is -4.11. The van der Waals surface area contributed by atoms with E-state index in [1.807, 2.05) is 18.2 Å². The molecular formula is C57H63F6N9O16. The molecule has 2 aromatic heterocycles. The van der Waals surface area contributed by atoms with Gasteiger partial charge in [-0.25, -0.2) is 38.7 Å². The number of rotatable bonds is 15. The van der Waals surface area contributed by atoms with Gasteiger partial charge in [-0.15, -0.1) is 0 Å². The molecule has 2 saturated carbocycles. The number of nitriles is 4. The van der Waals surface area contributed by atoms with Crippen LogP contribution in [0.3, 0.4) is 0 Å². The zero-order valence-corrected chi connectivity index (χ0v) is 47.8. The Bertz CT molecular complexity index is 2930. The number of aliphatic carboxylic acids is 3. The first-order valence-corrected chi connectivity index (χ1v) is 24.9. The number of anilines is 2. The summed E-state index contributed by atoms with van der Waals surface area (Å²) >= 11 is 0. The fourth-order valence-electron chi connectivity index (χ4n) is 6.46. The first kappa shape index (κ1) is 81.1. The Labute approximate surface area is 501 Å². The summed E-state index contributed by atoms with van der Waals surface area (Å²) in [4.78, 5) is 88.8. The van der Waals surface area contributed by atoms with Crippen LogP contribution in [0.15, 0.2) is 110 Å². The number of hydrogen-bond donors (Lipinski definition) is 6. The average Bonchev–Trinajstić information content (AvgIpc) is 3.70. The predicted molar refractivity (Wildman–Crippen MR) is 301 cm³/mol. The number of pyridine rings is 2. The lowest BCUT2D eigenvalue weighted by Crippen LogP contribution is -2.27. The van der Waals surface area contributed by atoms with Gasteiger partial charge in [0.05, 0.1) is 84.1 Å². The van der Waals surface area contributed by atoms with Crippen molar-refractivity contribution < 1.29 is 104 Å². The molecule has 474 valence electrons. The fraction of sp³-hybridized carbons (Fsp3) is 0.333. The number of nitrogens with one attached hydrogen (secondary N) is 1. The third-order valence-electron chi connectivity index (χ3n) is 10.6. The quantitative estimate of drug-likeness (QED) is 0.0322. The maximum atomic E-state index is 12.7. The van der Waals surface area contributed by atoms with E-state index in [0.29, 0.717) is 54.6 Å². The standard InChI is InChI=1S/C19H20F3N3O2.C15H19F3N2O.C5H7NO3.C5H5NO2.C5H6O4.2C4H3NO2/c1-27-16-12-24-17(25-18(26)3-2-10-23)11-14(16)7-4-13-5-8-15(9-6-13)19(20,21)22;1-21-13-9-20-14(19)8-11(13)5-2-10-3-6-12(7-4-10)15(16,17)18;1-9-5(8)3-2-4(6)7;1-8-5(7)3-2-4-6;1-9-5(8)3-2-4(6)7;2*5-3-1-2-4(6)7/h2-4,7,11-13,15H,5-6,8-9H2,1H3,(H,24,25,26);2,5,8-10,12H,3-4,6-7H2,1H3,(H2,19,20);2-3H,1H3,(H2,6,7);2-3H,1H3;2-3H,1H3,(H,6,7);2*1-2H,(H,6,7)/b3-2+,7-4+;5-2+;3*3-2+;2*2-1+. The van der Waals surface area contributed by atoms with Crippen molar-refractivity contribution in [3.63, 3.8) is 0 Å². The maximum Gasteiger partial charge on any atom is 0.391 e. The molecule has 88 heavy (non-hydrogen) atoms. The third-order valence-corrected chi connectivity index (χ3v) is 10.6. The first-order chi connectivity index (χ1) is 41.4. The van der Waals surface area contributed by atoms with E-state index in [1.165, 1.54) is 53.0 Å². The van der Waals surface area contributed by atoms with E-state index in [2.05, 4.69) is 35.2 Å². The lowest BCUT2D eigenvalue weighted by atomic mass is 9.81. The molecule has 0 aromatic carbocycles. The number of amides is 2. The number of carboxylic acid groups (broad SMARTS) is 3. The van der Waals surface area contributed by atoms with Crippen LogP contribution < -0.4 is 26.3 Å². The van der Waals surface area contributed by atoms with E-state index in [4.69, 9.17) is 51.6 Å². The maximum absolute atomic E-state index is 12.7. The molecule has 0 aliphatic heterocycles. The second-order valence-corrected chi connectivity index (χ2v) is 16.7. The minimum Gasteiger partial charge on any atom is -0.495 e. The van der Waals surface area contributed by atoms with Crippen LogP contribution in [-0.2, 0) is 52.6 Å². The first-order valence-electron chi connectivity index (χ1n) is 24.9. The molecule has 2 aliphatic rings. The lowest BCUT2D eigenvalue weighted by Gasteiger charge is -2.28. The Hall–Kier alpha value is -11.1. The second-order valence-electron chi connectivity index (χ2n) is 16.7. The van der Waals surface area contributed by atoms with Crippen molar-refractivity contribution >= 4 is 71.4 Å². The highest BCUT2D eigenvalue weighted by molar-refractivity contribution is 5.99. The highest BCUT2D eigenvalue weighted by Crippen LogP contribution is 2.41. The summed E-state index contributed by atoms with van der Waals surface area (Å²) < 4.78 is 98.9. The van der Waals surface area contributed by atoms with E-state index in [-0.39, 0.29) is 43.3 Å². The number of ether oxygens (including phenoxy) is 5. The third kappa shape index (κ3) is 43.6. The van der Waals surface area contributed by atoms with Gasteiger partial charge >= 0.3 is 48.2 Å². The van der Waals surface area contributed by atoms with Gasteiger partial charge < -0.3 is 55.8 Å². The normalized spacial score (nSPS) is 15.9. The number of alkyl halides is 6. The number of primary amides is 1. The summed E-state index contributed by atoms with van der Waals surface area (Å²) in [6, 6.07) is 9.74. The zero-order valence-electron chi connectivity index (χ0n) is 47.8. The summed E-state index contributed by atoms with van der Waals surface area (Å²) in [7, 11) is 6.67. The van der Waals surface area contributed by atoms with Gasteiger partial charge in [-0.05, 0) is 75.3 Å². The molecule has 2 fully saturated rings. The molecule has 2 aromatic rings. The molecule has 4 rings (SSSR count). The molecule has 0 bridgehead atoms. The smallest absolute Gasteiger partial charge is 0.391 e. The van der Waals surface area contributed by atoms with Gasteiger partial charge in [0.1, 0.15) is 23.1 Å². The van der Waals surface area contributed by atoms with Crippen LogP contribution in [0.4, 0.5) is 38.0 Å². The lowest BCUT2D eigenvalue weighted by molar-refractivity contribution is -0.183. The van der Waals surface area contributed by atoms with E-state index in [9.17, 15) is 64.7 Å². The van der Waals surface area contributed by atoms with Gasteiger partial charge in [0.2, 0.25) is 11.8 Å². The molecule has 0 atom stereocenters. The SMILES string of the molecule is COC(=O)/C=C/C#N.COC(=O)/C=C/C(=O)O.COC(=O)/C=C/C(N)=O.COc1cnc(N)cc1/C=C/C1CCC(C(F)(F)F)CC1.COc1cnc(NC(=O)/C=C/C#N)cc1/C=C/C1CCC(C(F)(F)F)CC1.N#C/C=C/C(=O)O.N#C/C=C/C(=O)O. The van der Waals surface area contributed by atoms with E-state index < -0.39 is 71.8 Å². The van der Waals surface area contributed by atoms with E-state index in [1.54, 1.807) is 37.5 Å². The van der Waals surface area contributed by atoms with Crippen LogP contribution >= 0.6 is 0 Å². The molecule has 0 radical (unpaired) electrons. The summed E-state index contributed by atoms with van der Waals surface area (Å²) in [6.45, 7) is 0. The van der Waals surface area contributed by atoms with Gasteiger partial charge in [0.15, 0.2) is 0 Å². The summed E-state index contributed by atoms with van der Waals surface area (Å²) in [5, 5.41) is 57.8. The highest BCUT2D eigenvalue weighted by atomic mass is 19.4. The number of allylic oxidation sites excluding steroid dienone is 6. The number of nitrogens with zero attached hydrogens (tertiary/aromatic N) is 6. The van der Waals surface area contributed by atoms with Crippen molar-refractivity contribution in [2.45, 2.75) is 63.7 Å². The number of halogens is 6. The van der Waals surface area contributed by atoms with Crippen LogP contribution in [0, 0.1) is 69.0 Å². The fourth-order valence-corrected chi connectivity index (χ4v) is 6.46. The number of methoxy groups -OCH3 is 5. The van der Waals surface area contributed by atoms with Gasteiger partial charge in [-0.2, -0.15) is 47.4 Å². The monoisotopic (exact) mass is 1240 g/mol. The number of hydrogen-bond acceptors (Lipinski definition) is 20. The number of nitrogen functional groups attached to an aromatic ring is 1. The average molecular weight is 1240 g/mol. The number of carbonyl (C=O) groups is 8.